The zero-order valence-electron chi connectivity index (χ0n) is 10.9. The molecule has 1 heterocycles. The first kappa shape index (κ1) is 16.6. The molecule has 0 aliphatic carbocycles. The average Bonchev–Trinajstić information content (AvgIpc) is 2.80. The monoisotopic (exact) mass is 480 g/mol. The van der Waals surface area contributed by atoms with Crippen molar-refractivity contribution in [2.24, 2.45) is 5.73 Å². The van der Waals surface area contributed by atoms with Gasteiger partial charge in [0.2, 0.25) is 0 Å². The smallest absolute Gasteiger partial charge is 0.0471 e. The molecule has 0 saturated carbocycles. The van der Waals surface area contributed by atoms with E-state index in [2.05, 4.69) is 89.4 Å². The van der Waals surface area contributed by atoms with Gasteiger partial charge in [-0.05, 0) is 78.6 Å². The van der Waals surface area contributed by atoms with Crippen LogP contribution in [0.5, 0.6) is 0 Å². The molecule has 0 saturated heterocycles. The molecular formula is C14H15Br3N2S. The summed E-state index contributed by atoms with van der Waals surface area (Å²) in [5, 5.41) is 2.11. The first-order chi connectivity index (χ1) is 9.51. The maximum Gasteiger partial charge on any atom is 0.0471 e. The zero-order chi connectivity index (χ0) is 14.7. The van der Waals surface area contributed by atoms with Gasteiger partial charge in [0, 0.05) is 42.8 Å². The number of hydrogen-bond acceptors (Lipinski definition) is 3. The number of likely N-dealkylation sites (N-methyl/N-ethyl adjacent to an activating group) is 1. The Morgan fingerprint density at radius 3 is 2.50 bits per heavy atom. The highest BCUT2D eigenvalue weighted by Crippen LogP contribution is 2.29. The highest BCUT2D eigenvalue weighted by molar-refractivity contribution is 9.13. The predicted molar refractivity (Wildman–Crippen MR) is 97.1 cm³/mol. The highest BCUT2D eigenvalue weighted by Gasteiger charge is 2.17. The minimum Gasteiger partial charge on any atom is -0.329 e. The number of nitrogens with zero attached hydrogens (tertiary/aromatic N) is 1. The molecule has 2 N–H and O–H groups in total. The largest absolute Gasteiger partial charge is 0.329 e. The molecular weight excluding hydrogens is 468 g/mol. The molecule has 1 atom stereocenters. The zero-order valence-corrected chi connectivity index (χ0v) is 16.5. The predicted octanol–water partition coefficient (Wildman–Crippen LogP) is 5.17. The number of hydrogen-bond donors (Lipinski definition) is 1. The first-order valence-corrected chi connectivity index (χ1v) is 9.35. The second-order valence-corrected chi connectivity index (χ2v) is 8.19. The van der Waals surface area contributed by atoms with Gasteiger partial charge < -0.3 is 5.73 Å². The van der Waals surface area contributed by atoms with Gasteiger partial charge in [0.15, 0.2) is 0 Å². The lowest BCUT2D eigenvalue weighted by molar-refractivity contribution is 0.244. The van der Waals surface area contributed by atoms with Crippen LogP contribution in [0, 0.1) is 0 Å². The first-order valence-electron chi connectivity index (χ1n) is 6.09. The number of nitrogens with two attached hydrogens (primary N) is 1. The van der Waals surface area contributed by atoms with E-state index in [1.807, 2.05) is 0 Å². The van der Waals surface area contributed by atoms with E-state index >= 15 is 0 Å². The van der Waals surface area contributed by atoms with Crippen LogP contribution in [0.15, 0.2) is 43.1 Å². The van der Waals surface area contributed by atoms with Gasteiger partial charge in [-0.1, -0.05) is 6.07 Å². The quantitative estimate of drug-likeness (QED) is 0.637. The molecule has 108 valence electrons. The SMILES string of the molecule is CN(Cc1cc(Br)cs1)C(CN)c1ccc(Br)c(Br)c1. The van der Waals surface area contributed by atoms with E-state index < -0.39 is 0 Å². The summed E-state index contributed by atoms with van der Waals surface area (Å²) < 4.78 is 3.25. The van der Waals surface area contributed by atoms with Crippen LogP contribution in [0.1, 0.15) is 16.5 Å². The second kappa shape index (κ2) is 7.51. The Hall–Kier alpha value is 0.280. The fourth-order valence-electron chi connectivity index (χ4n) is 2.08. The van der Waals surface area contributed by atoms with Crippen molar-refractivity contribution < 1.29 is 0 Å². The van der Waals surface area contributed by atoms with Gasteiger partial charge in [-0.15, -0.1) is 11.3 Å². The molecule has 2 aromatic rings. The minimum absolute atomic E-state index is 0.209. The number of thiophene rings is 1. The Labute approximate surface area is 148 Å². The molecule has 0 aliphatic heterocycles. The lowest BCUT2D eigenvalue weighted by Crippen LogP contribution is -2.29. The second-order valence-electron chi connectivity index (χ2n) is 4.57. The van der Waals surface area contributed by atoms with Crippen molar-refractivity contribution in [2.45, 2.75) is 12.6 Å². The van der Waals surface area contributed by atoms with Gasteiger partial charge >= 0.3 is 0 Å². The van der Waals surface area contributed by atoms with Crippen molar-refractivity contribution in [3.63, 3.8) is 0 Å². The van der Waals surface area contributed by atoms with Gasteiger partial charge in [0.1, 0.15) is 0 Å². The Morgan fingerprint density at radius 2 is 1.95 bits per heavy atom. The third-order valence-electron chi connectivity index (χ3n) is 3.11. The Kier molecular flexibility index (Phi) is 6.25. The number of halogens is 3. The maximum atomic E-state index is 5.98. The minimum atomic E-state index is 0.209. The van der Waals surface area contributed by atoms with Gasteiger partial charge in [0.05, 0.1) is 0 Å². The van der Waals surface area contributed by atoms with Gasteiger partial charge in [-0.25, -0.2) is 0 Å². The lowest BCUT2D eigenvalue weighted by Gasteiger charge is -2.27. The van der Waals surface area contributed by atoms with Crippen LogP contribution in [-0.4, -0.2) is 18.5 Å². The Balaban J connectivity index is 2.16. The summed E-state index contributed by atoms with van der Waals surface area (Å²) in [6.07, 6.45) is 0. The summed E-state index contributed by atoms with van der Waals surface area (Å²) >= 11 is 12.3. The molecule has 1 unspecified atom stereocenters. The maximum absolute atomic E-state index is 5.98. The molecule has 2 nitrogen and oxygen atoms in total. The molecule has 6 heteroatoms. The fourth-order valence-corrected chi connectivity index (χ4v) is 4.24. The van der Waals surface area contributed by atoms with E-state index in [1.54, 1.807) is 11.3 Å². The van der Waals surface area contributed by atoms with E-state index in [-0.39, 0.29) is 6.04 Å². The molecule has 0 amide bonds. The van der Waals surface area contributed by atoms with Crippen molar-refractivity contribution in [3.05, 3.63) is 53.5 Å². The lowest BCUT2D eigenvalue weighted by atomic mass is 10.1. The molecule has 0 aliphatic rings. The summed E-state index contributed by atoms with van der Waals surface area (Å²) in [6.45, 7) is 1.49. The molecule has 1 aromatic heterocycles. The molecule has 2 rings (SSSR count). The van der Waals surface area contributed by atoms with Crippen LogP contribution >= 0.6 is 59.1 Å². The van der Waals surface area contributed by atoms with Crippen molar-refractivity contribution in [1.29, 1.82) is 0 Å². The highest BCUT2D eigenvalue weighted by atomic mass is 79.9. The summed E-state index contributed by atoms with van der Waals surface area (Å²) in [5.74, 6) is 0. The van der Waals surface area contributed by atoms with E-state index in [4.69, 9.17) is 5.73 Å². The van der Waals surface area contributed by atoms with Crippen LogP contribution in [0.2, 0.25) is 0 Å². The summed E-state index contributed by atoms with van der Waals surface area (Å²) in [4.78, 5) is 3.61. The van der Waals surface area contributed by atoms with E-state index in [0.29, 0.717) is 6.54 Å². The number of rotatable bonds is 5. The Bertz CT molecular complexity index is 586. The standard InChI is InChI=1S/C14H15Br3N2S/c1-19(7-11-5-10(15)8-20-11)14(6-18)9-2-3-12(16)13(17)4-9/h2-5,8,14H,6-7,18H2,1H3. The van der Waals surface area contributed by atoms with Crippen LogP contribution in [0.25, 0.3) is 0 Å². The normalized spacial score (nSPS) is 12.9. The van der Waals surface area contributed by atoms with E-state index in [1.165, 1.54) is 10.4 Å². The van der Waals surface area contributed by atoms with Crippen LogP contribution < -0.4 is 5.73 Å². The topological polar surface area (TPSA) is 29.3 Å². The van der Waals surface area contributed by atoms with Crippen LogP contribution in [0.3, 0.4) is 0 Å². The number of benzene rings is 1. The summed E-state index contributed by atoms with van der Waals surface area (Å²) in [7, 11) is 2.11. The van der Waals surface area contributed by atoms with Gasteiger partial charge in [-0.3, -0.25) is 4.90 Å². The third kappa shape index (κ3) is 4.15. The Morgan fingerprint density at radius 1 is 1.20 bits per heavy atom. The average molecular weight is 483 g/mol. The van der Waals surface area contributed by atoms with E-state index in [0.717, 1.165) is 20.0 Å². The molecule has 0 fully saturated rings. The summed E-state index contributed by atoms with van der Waals surface area (Å²) in [6, 6.07) is 8.67. The summed E-state index contributed by atoms with van der Waals surface area (Å²) in [5.41, 5.74) is 7.20. The van der Waals surface area contributed by atoms with Crippen molar-refractivity contribution in [3.8, 4) is 0 Å². The van der Waals surface area contributed by atoms with Crippen LogP contribution in [-0.2, 0) is 6.54 Å². The van der Waals surface area contributed by atoms with Crippen molar-refractivity contribution in [2.75, 3.05) is 13.6 Å². The van der Waals surface area contributed by atoms with Crippen molar-refractivity contribution in [1.82, 2.24) is 4.90 Å². The third-order valence-corrected chi connectivity index (χ3v) is 6.67. The van der Waals surface area contributed by atoms with Crippen LogP contribution in [0.4, 0.5) is 0 Å². The van der Waals surface area contributed by atoms with Crippen molar-refractivity contribution >= 4 is 59.1 Å². The molecule has 20 heavy (non-hydrogen) atoms. The molecule has 0 spiro atoms. The molecule has 0 radical (unpaired) electrons. The molecule has 1 aromatic carbocycles. The van der Waals surface area contributed by atoms with Gasteiger partial charge in [-0.2, -0.15) is 0 Å². The van der Waals surface area contributed by atoms with Gasteiger partial charge in [0.25, 0.3) is 0 Å². The van der Waals surface area contributed by atoms with E-state index in [9.17, 15) is 0 Å². The fraction of sp³-hybridized carbons (Fsp3) is 0.286. The molecule has 0 bridgehead atoms.